The van der Waals surface area contributed by atoms with Gasteiger partial charge in [-0.05, 0) is 73.9 Å². The second kappa shape index (κ2) is 8.39. The number of phenolic OH excluding ortho intramolecular Hbond substituents is 1. The van der Waals surface area contributed by atoms with Crippen LogP contribution in [0.3, 0.4) is 0 Å². The number of rotatable bonds is 5. The summed E-state index contributed by atoms with van der Waals surface area (Å²) in [6.07, 6.45) is 4.29. The van der Waals surface area contributed by atoms with Crippen LogP contribution in [0.1, 0.15) is 43.0 Å². The number of benzene rings is 1. The summed E-state index contributed by atoms with van der Waals surface area (Å²) in [5, 5.41) is 21.1. The lowest BCUT2D eigenvalue weighted by atomic mass is 9.82. The summed E-state index contributed by atoms with van der Waals surface area (Å²) in [5.41, 5.74) is 3.94. The Morgan fingerprint density at radius 1 is 1.12 bits per heavy atom. The molecule has 1 aliphatic carbocycles. The highest BCUT2D eigenvalue weighted by Crippen LogP contribution is 2.43. The molecule has 3 aromatic rings. The molecular formula is C25H26N2O5. The molecule has 2 fully saturated rings. The van der Waals surface area contributed by atoms with Crippen molar-refractivity contribution in [3.05, 3.63) is 47.9 Å². The molecule has 2 N–H and O–H groups in total. The van der Waals surface area contributed by atoms with Crippen molar-refractivity contribution in [3.63, 3.8) is 0 Å². The highest BCUT2D eigenvalue weighted by Gasteiger charge is 2.37. The number of fused-ring (bicyclic) bond motifs is 1. The van der Waals surface area contributed by atoms with E-state index in [0.29, 0.717) is 31.9 Å². The topological polar surface area (TPSA) is 102 Å². The standard InChI is InChI=1S/C25H26N2O5/c1-14-10-16(4-7-26-14)22-20-3-2-18(28)13-21(20)24(32-19-11-17(12-19)25(29)30)27-23(22)15-5-8-31-9-6-15/h2-4,7,10,13,15,17,19,28H,5-6,8-9,11-12H2,1H3,(H,29,30). The number of aliphatic carboxylic acids is 1. The zero-order valence-electron chi connectivity index (χ0n) is 18.0. The smallest absolute Gasteiger partial charge is 0.306 e. The molecule has 7 heteroatoms. The third-order valence-electron chi connectivity index (χ3n) is 6.50. The fourth-order valence-corrected chi connectivity index (χ4v) is 4.67. The van der Waals surface area contributed by atoms with Crippen molar-refractivity contribution in [2.75, 3.05) is 13.2 Å². The summed E-state index contributed by atoms with van der Waals surface area (Å²) in [6.45, 7) is 3.34. The van der Waals surface area contributed by atoms with Gasteiger partial charge in [0.05, 0.1) is 11.6 Å². The molecule has 1 saturated carbocycles. The Morgan fingerprint density at radius 2 is 1.91 bits per heavy atom. The minimum absolute atomic E-state index is 0.136. The van der Waals surface area contributed by atoms with E-state index in [4.69, 9.17) is 14.5 Å². The second-order valence-electron chi connectivity index (χ2n) is 8.73. The van der Waals surface area contributed by atoms with Gasteiger partial charge in [0.25, 0.3) is 0 Å². The van der Waals surface area contributed by atoms with Crippen LogP contribution in [0.15, 0.2) is 36.5 Å². The van der Waals surface area contributed by atoms with E-state index in [1.54, 1.807) is 18.3 Å². The monoisotopic (exact) mass is 434 g/mol. The Kier molecular flexibility index (Phi) is 5.43. The third-order valence-corrected chi connectivity index (χ3v) is 6.50. The number of hydrogen-bond donors (Lipinski definition) is 2. The number of aryl methyl sites for hydroxylation is 1. The Bertz CT molecular complexity index is 1170. The van der Waals surface area contributed by atoms with Gasteiger partial charge in [0.15, 0.2) is 0 Å². The molecule has 1 aromatic carbocycles. The van der Waals surface area contributed by atoms with Crippen molar-refractivity contribution in [2.24, 2.45) is 5.92 Å². The van der Waals surface area contributed by atoms with E-state index in [9.17, 15) is 15.0 Å². The van der Waals surface area contributed by atoms with E-state index < -0.39 is 5.97 Å². The minimum Gasteiger partial charge on any atom is -0.508 e. The number of nitrogens with zero attached hydrogens (tertiary/aromatic N) is 2. The van der Waals surface area contributed by atoms with E-state index in [0.717, 1.165) is 46.1 Å². The summed E-state index contributed by atoms with van der Waals surface area (Å²) in [6, 6.07) is 9.31. The number of pyridine rings is 2. The van der Waals surface area contributed by atoms with Crippen LogP contribution in [0.2, 0.25) is 0 Å². The molecule has 32 heavy (non-hydrogen) atoms. The van der Waals surface area contributed by atoms with E-state index in [-0.39, 0.29) is 23.7 Å². The summed E-state index contributed by atoms with van der Waals surface area (Å²) in [7, 11) is 0. The Labute approximate surface area is 186 Å². The summed E-state index contributed by atoms with van der Waals surface area (Å²) >= 11 is 0. The Morgan fingerprint density at radius 3 is 2.62 bits per heavy atom. The van der Waals surface area contributed by atoms with Crippen molar-refractivity contribution in [2.45, 2.75) is 44.6 Å². The molecule has 0 amide bonds. The first-order valence-corrected chi connectivity index (χ1v) is 11.1. The van der Waals surface area contributed by atoms with Gasteiger partial charge in [0.2, 0.25) is 5.88 Å². The molecular weight excluding hydrogens is 408 g/mol. The molecule has 0 spiro atoms. The van der Waals surface area contributed by atoms with Gasteiger partial charge in [-0.3, -0.25) is 9.78 Å². The summed E-state index contributed by atoms with van der Waals surface area (Å²) < 4.78 is 11.8. The number of carboxylic acids is 1. The van der Waals surface area contributed by atoms with E-state index in [1.165, 1.54) is 0 Å². The van der Waals surface area contributed by atoms with Gasteiger partial charge >= 0.3 is 5.97 Å². The maximum atomic E-state index is 11.2. The highest BCUT2D eigenvalue weighted by molar-refractivity contribution is 6.01. The molecule has 2 aliphatic rings. The van der Waals surface area contributed by atoms with Gasteiger partial charge in [0, 0.05) is 42.0 Å². The molecule has 166 valence electrons. The van der Waals surface area contributed by atoms with Crippen molar-refractivity contribution in [1.82, 2.24) is 9.97 Å². The van der Waals surface area contributed by atoms with Crippen LogP contribution in [0.5, 0.6) is 11.6 Å². The number of ether oxygens (including phenoxy) is 2. The largest absolute Gasteiger partial charge is 0.508 e. The van der Waals surface area contributed by atoms with E-state index in [2.05, 4.69) is 11.1 Å². The first-order chi connectivity index (χ1) is 15.5. The molecule has 0 radical (unpaired) electrons. The number of hydrogen-bond acceptors (Lipinski definition) is 6. The van der Waals surface area contributed by atoms with Gasteiger partial charge in [-0.2, -0.15) is 0 Å². The maximum absolute atomic E-state index is 11.2. The van der Waals surface area contributed by atoms with Crippen LogP contribution in [-0.2, 0) is 9.53 Å². The molecule has 5 rings (SSSR count). The summed E-state index contributed by atoms with van der Waals surface area (Å²) in [5.74, 6) is -0.334. The zero-order chi connectivity index (χ0) is 22.2. The van der Waals surface area contributed by atoms with E-state index >= 15 is 0 Å². The average Bonchev–Trinajstić information content (AvgIpc) is 2.75. The van der Waals surface area contributed by atoms with Crippen LogP contribution in [-0.4, -0.2) is 45.5 Å². The lowest BCUT2D eigenvalue weighted by Gasteiger charge is -2.33. The molecule has 0 bridgehead atoms. The average molecular weight is 434 g/mol. The molecule has 0 atom stereocenters. The molecule has 1 aliphatic heterocycles. The van der Waals surface area contributed by atoms with Crippen molar-refractivity contribution < 1.29 is 24.5 Å². The van der Waals surface area contributed by atoms with Crippen LogP contribution in [0.4, 0.5) is 0 Å². The molecule has 7 nitrogen and oxygen atoms in total. The van der Waals surface area contributed by atoms with E-state index in [1.807, 2.05) is 19.1 Å². The number of phenols is 1. The molecule has 2 aromatic heterocycles. The number of aromatic hydroxyl groups is 1. The van der Waals surface area contributed by atoms with Crippen LogP contribution >= 0.6 is 0 Å². The fourth-order valence-electron chi connectivity index (χ4n) is 4.67. The van der Waals surface area contributed by atoms with Crippen molar-refractivity contribution in [1.29, 1.82) is 0 Å². The van der Waals surface area contributed by atoms with Crippen molar-refractivity contribution in [3.8, 4) is 22.8 Å². The first-order valence-electron chi connectivity index (χ1n) is 11.1. The molecule has 3 heterocycles. The quantitative estimate of drug-likeness (QED) is 0.612. The van der Waals surface area contributed by atoms with Crippen LogP contribution in [0.25, 0.3) is 21.9 Å². The SMILES string of the molecule is Cc1cc(-c2c(C3CCOCC3)nc(OC3CC(C(=O)O)C3)c3cc(O)ccc23)ccn1. The van der Waals surface area contributed by atoms with Gasteiger partial charge in [-0.15, -0.1) is 0 Å². The number of carbonyl (C=O) groups is 1. The predicted molar refractivity (Wildman–Crippen MR) is 119 cm³/mol. The van der Waals surface area contributed by atoms with Crippen LogP contribution in [0, 0.1) is 12.8 Å². The van der Waals surface area contributed by atoms with Gasteiger partial charge in [-0.1, -0.05) is 0 Å². The summed E-state index contributed by atoms with van der Waals surface area (Å²) in [4.78, 5) is 20.6. The lowest BCUT2D eigenvalue weighted by molar-refractivity contribution is -0.148. The van der Waals surface area contributed by atoms with Crippen LogP contribution < -0.4 is 4.74 Å². The second-order valence-corrected chi connectivity index (χ2v) is 8.73. The highest BCUT2D eigenvalue weighted by atomic mass is 16.5. The van der Waals surface area contributed by atoms with Gasteiger partial charge in [0.1, 0.15) is 11.9 Å². The van der Waals surface area contributed by atoms with Crippen molar-refractivity contribution >= 4 is 16.7 Å². The minimum atomic E-state index is -0.786. The zero-order valence-corrected chi connectivity index (χ0v) is 18.0. The maximum Gasteiger partial charge on any atom is 0.306 e. The van der Waals surface area contributed by atoms with Gasteiger partial charge < -0.3 is 19.7 Å². The first kappa shape index (κ1) is 20.7. The normalized spacial score (nSPS) is 21.3. The number of carboxylic acid groups (broad SMARTS) is 1. The Balaban J connectivity index is 1.66. The molecule has 1 saturated heterocycles. The lowest BCUT2D eigenvalue weighted by Crippen LogP contribution is -2.38. The fraction of sp³-hybridized carbons (Fsp3) is 0.400. The molecule has 0 unspecified atom stereocenters. The predicted octanol–water partition coefficient (Wildman–Crippen LogP) is 4.45. The third kappa shape index (κ3) is 3.88. The number of aromatic nitrogens is 2. The van der Waals surface area contributed by atoms with Gasteiger partial charge in [-0.25, -0.2) is 4.98 Å². The Hall–Kier alpha value is -3.19.